The van der Waals surface area contributed by atoms with Gasteiger partial charge in [0.25, 0.3) is 0 Å². The van der Waals surface area contributed by atoms with Gasteiger partial charge in [0.1, 0.15) is 5.75 Å². The number of rotatable bonds is 7. The van der Waals surface area contributed by atoms with Crippen LogP contribution in [0.2, 0.25) is 0 Å². The van der Waals surface area contributed by atoms with Crippen LogP contribution in [-0.4, -0.2) is 18.5 Å². The molecule has 1 rings (SSSR count). The number of hydrogen-bond donors (Lipinski definition) is 2. The highest BCUT2D eigenvalue weighted by atomic mass is 16.6. The second-order valence-electron chi connectivity index (χ2n) is 5.87. The van der Waals surface area contributed by atoms with E-state index in [-0.39, 0.29) is 11.8 Å². The molecule has 5 heteroatoms. The first-order valence-corrected chi connectivity index (χ1v) is 7.79. The Labute approximate surface area is 132 Å². The van der Waals surface area contributed by atoms with Crippen molar-refractivity contribution in [3.8, 4) is 5.75 Å². The predicted octanol–water partition coefficient (Wildman–Crippen LogP) is 3.81. The number of ether oxygens (including phenoxy) is 1. The predicted molar refractivity (Wildman–Crippen MR) is 88.0 cm³/mol. The Morgan fingerprint density at radius 3 is 2.59 bits per heavy atom. The molecule has 0 heterocycles. The quantitative estimate of drug-likeness (QED) is 0.805. The molecular weight excluding hydrogens is 280 g/mol. The number of anilines is 1. The molecule has 5 nitrogen and oxygen atoms in total. The minimum atomic E-state index is -0.489. The van der Waals surface area contributed by atoms with E-state index in [2.05, 4.69) is 10.6 Å². The lowest BCUT2D eigenvalue weighted by Crippen LogP contribution is -2.30. The average molecular weight is 306 g/mol. The van der Waals surface area contributed by atoms with E-state index in [0.717, 1.165) is 12.8 Å². The molecule has 0 radical (unpaired) electrons. The smallest absolute Gasteiger partial charge is 0.410 e. The van der Waals surface area contributed by atoms with Gasteiger partial charge in [0.15, 0.2) is 0 Å². The lowest BCUT2D eigenvalue weighted by atomic mass is 10.1. The van der Waals surface area contributed by atoms with E-state index in [1.54, 1.807) is 24.3 Å². The second-order valence-corrected chi connectivity index (χ2v) is 5.87. The van der Waals surface area contributed by atoms with Crippen molar-refractivity contribution in [3.63, 3.8) is 0 Å². The monoisotopic (exact) mass is 306 g/mol. The zero-order valence-electron chi connectivity index (χ0n) is 13.8. The van der Waals surface area contributed by atoms with E-state index in [1.807, 2.05) is 27.7 Å². The number of benzene rings is 1. The van der Waals surface area contributed by atoms with Crippen molar-refractivity contribution in [3.05, 3.63) is 24.3 Å². The Morgan fingerprint density at radius 1 is 1.23 bits per heavy atom. The fourth-order valence-corrected chi connectivity index (χ4v) is 1.90. The maximum atomic E-state index is 12.0. The summed E-state index contributed by atoms with van der Waals surface area (Å²) in [5.74, 6) is 0.701. The molecule has 1 unspecified atom stereocenters. The zero-order valence-corrected chi connectivity index (χ0v) is 13.8. The van der Waals surface area contributed by atoms with Crippen LogP contribution in [0.3, 0.4) is 0 Å². The zero-order chi connectivity index (χ0) is 16.5. The van der Waals surface area contributed by atoms with Crippen molar-refractivity contribution in [2.24, 2.45) is 11.8 Å². The molecule has 22 heavy (non-hydrogen) atoms. The largest absolute Gasteiger partial charge is 0.412 e. The van der Waals surface area contributed by atoms with Crippen LogP contribution in [0.15, 0.2) is 24.3 Å². The summed E-state index contributed by atoms with van der Waals surface area (Å²) in [5, 5.41) is 5.52. The number of amides is 2. The highest BCUT2D eigenvalue weighted by Crippen LogP contribution is 2.19. The Bertz CT molecular complexity index is 500. The molecule has 0 aromatic heterocycles. The third kappa shape index (κ3) is 6.61. The maximum absolute atomic E-state index is 12.0. The highest BCUT2D eigenvalue weighted by molar-refractivity contribution is 5.92. The lowest BCUT2D eigenvalue weighted by molar-refractivity contribution is -0.119. The van der Waals surface area contributed by atoms with Crippen LogP contribution < -0.4 is 15.4 Å². The van der Waals surface area contributed by atoms with E-state index >= 15 is 0 Å². The molecule has 0 spiro atoms. The summed E-state index contributed by atoms with van der Waals surface area (Å²) in [7, 11) is 0. The summed E-state index contributed by atoms with van der Waals surface area (Å²) in [4.78, 5) is 23.6. The normalized spacial score (nSPS) is 11.9. The molecule has 0 saturated carbocycles. The van der Waals surface area contributed by atoms with Gasteiger partial charge in [0.2, 0.25) is 5.91 Å². The second kappa shape index (κ2) is 9.07. The van der Waals surface area contributed by atoms with Gasteiger partial charge in [-0.2, -0.15) is 0 Å². The Kier molecular flexibility index (Phi) is 7.43. The number of nitrogens with one attached hydrogen (secondary N) is 2. The number of carbonyl (C=O) groups is 2. The van der Waals surface area contributed by atoms with Crippen molar-refractivity contribution >= 4 is 17.7 Å². The van der Waals surface area contributed by atoms with Crippen molar-refractivity contribution in [1.29, 1.82) is 0 Å². The van der Waals surface area contributed by atoms with Crippen LogP contribution >= 0.6 is 0 Å². The minimum absolute atomic E-state index is 0.0248. The first-order chi connectivity index (χ1) is 10.4. The summed E-state index contributed by atoms with van der Waals surface area (Å²) in [5.41, 5.74) is 0.627. The van der Waals surface area contributed by atoms with Crippen LogP contribution in [0.1, 0.15) is 40.5 Å². The molecule has 122 valence electrons. The van der Waals surface area contributed by atoms with Gasteiger partial charge in [-0.05, 0) is 24.5 Å². The molecule has 2 N–H and O–H groups in total. The topological polar surface area (TPSA) is 67.4 Å². The van der Waals surface area contributed by atoms with E-state index in [4.69, 9.17) is 4.74 Å². The standard InChI is InChI=1S/C17H26N2O3/c1-5-7-13(4)16(20)19-14-8-6-9-15(10-14)22-17(21)18-11-12(2)3/h6,8-10,12-13H,5,7,11H2,1-4H3,(H,18,21)(H,19,20). The van der Waals surface area contributed by atoms with Gasteiger partial charge in [-0.15, -0.1) is 0 Å². The molecule has 0 bridgehead atoms. The number of carbonyl (C=O) groups excluding carboxylic acids is 2. The first-order valence-electron chi connectivity index (χ1n) is 7.79. The molecule has 1 atom stereocenters. The van der Waals surface area contributed by atoms with E-state index in [9.17, 15) is 9.59 Å². The van der Waals surface area contributed by atoms with Crippen LogP contribution in [0.5, 0.6) is 5.75 Å². The van der Waals surface area contributed by atoms with Crippen molar-refractivity contribution in [2.45, 2.75) is 40.5 Å². The van der Waals surface area contributed by atoms with Gasteiger partial charge >= 0.3 is 6.09 Å². The molecule has 0 fully saturated rings. The van der Waals surface area contributed by atoms with Crippen molar-refractivity contribution in [2.75, 3.05) is 11.9 Å². The van der Waals surface area contributed by atoms with E-state index in [1.165, 1.54) is 0 Å². The van der Waals surface area contributed by atoms with Crippen LogP contribution in [0.25, 0.3) is 0 Å². The highest BCUT2D eigenvalue weighted by Gasteiger charge is 2.12. The summed E-state index contributed by atoms with van der Waals surface area (Å²) in [6.07, 6.45) is 1.32. The summed E-state index contributed by atoms with van der Waals surface area (Å²) in [6.45, 7) is 8.53. The fraction of sp³-hybridized carbons (Fsp3) is 0.529. The van der Waals surface area contributed by atoms with Gasteiger partial charge in [-0.1, -0.05) is 40.2 Å². The third-order valence-corrected chi connectivity index (χ3v) is 3.14. The van der Waals surface area contributed by atoms with E-state index in [0.29, 0.717) is 23.9 Å². The molecule has 1 aromatic carbocycles. The summed E-state index contributed by atoms with van der Waals surface area (Å²) in [6, 6.07) is 6.84. The molecule has 1 aromatic rings. The van der Waals surface area contributed by atoms with Gasteiger partial charge < -0.3 is 15.4 Å². The first kappa shape index (κ1) is 18.0. The molecule has 0 saturated heterocycles. The third-order valence-electron chi connectivity index (χ3n) is 3.14. The van der Waals surface area contributed by atoms with Crippen LogP contribution in [-0.2, 0) is 4.79 Å². The Balaban J connectivity index is 2.58. The lowest BCUT2D eigenvalue weighted by Gasteiger charge is -2.12. The Hall–Kier alpha value is -2.04. The summed E-state index contributed by atoms with van der Waals surface area (Å²) >= 11 is 0. The van der Waals surface area contributed by atoms with Gasteiger partial charge in [0, 0.05) is 24.2 Å². The van der Waals surface area contributed by atoms with Gasteiger partial charge in [-0.25, -0.2) is 4.79 Å². The molecular formula is C17H26N2O3. The van der Waals surface area contributed by atoms with Gasteiger partial charge in [-0.3, -0.25) is 4.79 Å². The van der Waals surface area contributed by atoms with Crippen molar-refractivity contribution in [1.82, 2.24) is 5.32 Å². The minimum Gasteiger partial charge on any atom is -0.410 e. The molecule has 0 aliphatic rings. The van der Waals surface area contributed by atoms with Crippen LogP contribution in [0, 0.1) is 11.8 Å². The van der Waals surface area contributed by atoms with Crippen molar-refractivity contribution < 1.29 is 14.3 Å². The Morgan fingerprint density at radius 2 is 1.95 bits per heavy atom. The summed E-state index contributed by atoms with van der Waals surface area (Å²) < 4.78 is 5.19. The van der Waals surface area contributed by atoms with Gasteiger partial charge in [0.05, 0.1) is 0 Å². The molecule has 0 aliphatic carbocycles. The average Bonchev–Trinajstić information content (AvgIpc) is 2.45. The maximum Gasteiger partial charge on any atom is 0.412 e. The number of hydrogen-bond acceptors (Lipinski definition) is 3. The van der Waals surface area contributed by atoms with E-state index < -0.39 is 6.09 Å². The molecule has 2 amide bonds. The molecule has 0 aliphatic heterocycles. The van der Waals surface area contributed by atoms with Crippen LogP contribution in [0.4, 0.5) is 10.5 Å². The SMILES string of the molecule is CCCC(C)C(=O)Nc1cccc(OC(=O)NCC(C)C)c1. The fourth-order valence-electron chi connectivity index (χ4n) is 1.90.